The average Bonchev–Trinajstić information content (AvgIpc) is 3.38. The predicted molar refractivity (Wildman–Crippen MR) is 114 cm³/mol. The van der Waals surface area contributed by atoms with E-state index in [9.17, 15) is 4.79 Å². The van der Waals surface area contributed by atoms with E-state index in [1.54, 1.807) is 6.33 Å². The predicted octanol–water partition coefficient (Wildman–Crippen LogP) is 2.74. The lowest BCUT2D eigenvalue weighted by Gasteiger charge is -2.17. The second-order valence-corrected chi connectivity index (χ2v) is 7.60. The number of benzene rings is 2. The number of nitrogens with one attached hydrogen (secondary N) is 1. The Morgan fingerprint density at radius 3 is 2.67 bits per heavy atom. The van der Waals surface area contributed by atoms with Gasteiger partial charge in [0, 0.05) is 32.4 Å². The number of hydrogen-bond acceptors (Lipinski definition) is 4. The Kier molecular flexibility index (Phi) is 6.21. The number of nitriles is 1. The van der Waals surface area contributed by atoms with Crippen LogP contribution in [-0.4, -0.2) is 39.5 Å². The molecule has 1 fully saturated rings. The smallest absolute Gasteiger partial charge is 0.239 e. The third-order valence-corrected chi connectivity index (χ3v) is 5.57. The highest BCUT2D eigenvalue weighted by molar-refractivity contribution is 5.84. The monoisotopic (exact) mass is 399 g/mol. The van der Waals surface area contributed by atoms with Gasteiger partial charge in [0.15, 0.2) is 0 Å². The van der Waals surface area contributed by atoms with Crippen molar-refractivity contribution in [2.24, 2.45) is 0 Å². The lowest BCUT2D eigenvalue weighted by atomic mass is 10.1. The van der Waals surface area contributed by atoms with Gasteiger partial charge in [0.2, 0.25) is 5.91 Å². The molecule has 0 radical (unpaired) electrons. The molecular weight excluding hydrogens is 374 g/mol. The number of carbonyl (C=O) groups excluding carboxylic acids is 1. The summed E-state index contributed by atoms with van der Waals surface area (Å²) in [4.78, 5) is 19.0. The van der Waals surface area contributed by atoms with Gasteiger partial charge in [-0.15, -0.1) is 0 Å². The summed E-state index contributed by atoms with van der Waals surface area (Å²) in [5, 5.41) is 12.3. The molecule has 1 aromatic heterocycles. The van der Waals surface area contributed by atoms with Crippen molar-refractivity contribution >= 4 is 5.91 Å². The molecule has 1 saturated heterocycles. The number of carbonyl (C=O) groups is 1. The Bertz CT molecular complexity index is 1020. The van der Waals surface area contributed by atoms with E-state index >= 15 is 0 Å². The fourth-order valence-corrected chi connectivity index (χ4v) is 3.81. The van der Waals surface area contributed by atoms with Crippen LogP contribution in [0.3, 0.4) is 0 Å². The Morgan fingerprint density at radius 2 is 1.90 bits per heavy atom. The maximum absolute atomic E-state index is 12.7. The number of hydrogen-bond donors (Lipinski definition) is 1. The summed E-state index contributed by atoms with van der Waals surface area (Å²) >= 11 is 0. The van der Waals surface area contributed by atoms with E-state index < -0.39 is 0 Å². The minimum Gasteiger partial charge on any atom is -0.341 e. The van der Waals surface area contributed by atoms with Crippen LogP contribution in [0.5, 0.6) is 0 Å². The fraction of sp³-hybridized carbons (Fsp3) is 0.292. The Hall–Kier alpha value is -3.43. The van der Waals surface area contributed by atoms with Crippen LogP contribution in [0.15, 0.2) is 67.1 Å². The van der Waals surface area contributed by atoms with Crippen LogP contribution >= 0.6 is 0 Å². The molecule has 0 aliphatic carbocycles. The summed E-state index contributed by atoms with van der Waals surface area (Å²) in [6.07, 6.45) is 5.36. The summed E-state index contributed by atoms with van der Waals surface area (Å²) in [5.41, 5.74) is 4.06. The number of likely N-dealkylation sites (tertiary alicyclic amines) is 1. The number of amides is 1. The van der Waals surface area contributed by atoms with Crippen molar-refractivity contribution in [3.05, 3.63) is 89.5 Å². The molecule has 1 aliphatic rings. The topological polar surface area (TPSA) is 74.0 Å². The largest absolute Gasteiger partial charge is 0.341 e. The van der Waals surface area contributed by atoms with Crippen molar-refractivity contribution in [1.29, 1.82) is 5.26 Å². The number of aromatic nitrogens is 2. The van der Waals surface area contributed by atoms with Crippen LogP contribution in [0.2, 0.25) is 0 Å². The highest BCUT2D eigenvalue weighted by Gasteiger charge is 2.30. The van der Waals surface area contributed by atoms with Gasteiger partial charge in [0.05, 0.1) is 29.7 Å². The van der Waals surface area contributed by atoms with Gasteiger partial charge in [-0.05, 0) is 36.1 Å². The molecule has 1 amide bonds. The molecule has 0 unspecified atom stereocenters. The third kappa shape index (κ3) is 4.76. The number of rotatable bonds is 8. The highest BCUT2D eigenvalue weighted by atomic mass is 16.2. The zero-order valence-electron chi connectivity index (χ0n) is 16.9. The molecule has 3 aromatic rings. The standard InChI is InChI=1S/C24H25N5O/c25-14-20-6-8-21(9-7-20)17-29-18-26-15-22(29)16-27-23-11-13-28(24(23)30)12-10-19-4-2-1-3-5-19/h1-9,15,18,23,27H,10-13,16-17H2/t23-/m1/s1. The van der Waals surface area contributed by atoms with Gasteiger partial charge >= 0.3 is 0 Å². The Labute approximate surface area is 176 Å². The average molecular weight is 399 g/mol. The quantitative estimate of drug-likeness (QED) is 0.632. The zero-order chi connectivity index (χ0) is 20.8. The zero-order valence-corrected chi connectivity index (χ0v) is 16.9. The summed E-state index contributed by atoms with van der Waals surface area (Å²) in [7, 11) is 0. The first-order valence-corrected chi connectivity index (χ1v) is 10.3. The SMILES string of the molecule is N#Cc1ccc(Cn2cncc2CN[C@@H]2CCN(CCc3ccccc3)C2=O)cc1. The summed E-state index contributed by atoms with van der Waals surface area (Å²) in [6, 6.07) is 19.8. The van der Waals surface area contributed by atoms with E-state index in [4.69, 9.17) is 5.26 Å². The van der Waals surface area contributed by atoms with Gasteiger partial charge < -0.3 is 14.8 Å². The van der Waals surface area contributed by atoms with Crippen LogP contribution in [0, 0.1) is 11.3 Å². The second kappa shape index (κ2) is 9.38. The van der Waals surface area contributed by atoms with Crippen molar-refractivity contribution < 1.29 is 4.79 Å². The first kappa shape index (κ1) is 19.9. The normalized spacial score (nSPS) is 16.0. The van der Waals surface area contributed by atoms with Crippen LogP contribution in [0.1, 0.15) is 28.8 Å². The molecule has 2 heterocycles. The van der Waals surface area contributed by atoms with Gasteiger partial charge in [-0.25, -0.2) is 4.98 Å². The van der Waals surface area contributed by atoms with Crippen LogP contribution in [-0.2, 0) is 24.3 Å². The maximum Gasteiger partial charge on any atom is 0.239 e. The van der Waals surface area contributed by atoms with Crippen LogP contribution < -0.4 is 5.32 Å². The first-order valence-electron chi connectivity index (χ1n) is 10.3. The van der Waals surface area contributed by atoms with E-state index in [1.807, 2.05) is 53.6 Å². The van der Waals surface area contributed by atoms with Crippen molar-refractivity contribution in [3.8, 4) is 6.07 Å². The van der Waals surface area contributed by atoms with Crippen molar-refractivity contribution in [2.75, 3.05) is 13.1 Å². The number of nitrogens with zero attached hydrogens (tertiary/aromatic N) is 4. The van der Waals surface area contributed by atoms with Gasteiger partial charge in [0.1, 0.15) is 0 Å². The Balaban J connectivity index is 1.29. The van der Waals surface area contributed by atoms with Crippen LogP contribution in [0.4, 0.5) is 0 Å². The first-order chi connectivity index (χ1) is 14.7. The van der Waals surface area contributed by atoms with Gasteiger partial charge in [-0.1, -0.05) is 42.5 Å². The molecule has 1 N–H and O–H groups in total. The molecule has 6 heteroatoms. The van der Waals surface area contributed by atoms with E-state index in [1.165, 1.54) is 5.56 Å². The molecule has 6 nitrogen and oxygen atoms in total. The maximum atomic E-state index is 12.7. The molecular formula is C24H25N5O. The van der Waals surface area contributed by atoms with E-state index in [0.29, 0.717) is 18.7 Å². The van der Waals surface area contributed by atoms with Gasteiger partial charge in [0.25, 0.3) is 0 Å². The van der Waals surface area contributed by atoms with Crippen molar-refractivity contribution in [2.45, 2.75) is 32.0 Å². The van der Waals surface area contributed by atoms with E-state index in [-0.39, 0.29) is 11.9 Å². The molecule has 152 valence electrons. The summed E-state index contributed by atoms with van der Waals surface area (Å²) < 4.78 is 2.07. The second-order valence-electron chi connectivity index (χ2n) is 7.60. The van der Waals surface area contributed by atoms with E-state index in [0.717, 1.165) is 37.2 Å². The van der Waals surface area contributed by atoms with Gasteiger partial charge in [-0.2, -0.15) is 5.26 Å². The summed E-state index contributed by atoms with van der Waals surface area (Å²) in [5.74, 6) is 0.184. The minimum atomic E-state index is -0.140. The third-order valence-electron chi connectivity index (χ3n) is 5.57. The molecule has 0 bridgehead atoms. The lowest BCUT2D eigenvalue weighted by molar-refractivity contribution is -0.129. The number of imidazole rings is 1. The van der Waals surface area contributed by atoms with Crippen molar-refractivity contribution in [3.63, 3.8) is 0 Å². The lowest BCUT2D eigenvalue weighted by Crippen LogP contribution is -2.38. The fourth-order valence-electron chi connectivity index (χ4n) is 3.81. The highest BCUT2D eigenvalue weighted by Crippen LogP contribution is 2.14. The molecule has 0 spiro atoms. The molecule has 30 heavy (non-hydrogen) atoms. The molecule has 1 atom stereocenters. The minimum absolute atomic E-state index is 0.140. The molecule has 2 aromatic carbocycles. The molecule has 1 aliphatic heterocycles. The Morgan fingerprint density at radius 1 is 1.10 bits per heavy atom. The molecule has 0 saturated carbocycles. The van der Waals surface area contributed by atoms with Gasteiger partial charge in [-0.3, -0.25) is 4.79 Å². The summed E-state index contributed by atoms with van der Waals surface area (Å²) in [6.45, 7) is 2.84. The molecule has 4 rings (SSSR count). The van der Waals surface area contributed by atoms with Crippen LogP contribution in [0.25, 0.3) is 0 Å². The van der Waals surface area contributed by atoms with Crippen molar-refractivity contribution in [1.82, 2.24) is 19.8 Å². The van der Waals surface area contributed by atoms with E-state index in [2.05, 4.69) is 33.1 Å².